The van der Waals surface area contributed by atoms with Crippen LogP contribution in [-0.4, -0.2) is 39.8 Å². The van der Waals surface area contributed by atoms with Gasteiger partial charge in [-0.3, -0.25) is 14.7 Å². The zero-order valence-corrected chi connectivity index (χ0v) is 18.4. The second kappa shape index (κ2) is 9.32. The van der Waals surface area contributed by atoms with Gasteiger partial charge in [-0.05, 0) is 63.1 Å². The van der Waals surface area contributed by atoms with Crippen molar-refractivity contribution in [1.29, 1.82) is 0 Å². The van der Waals surface area contributed by atoms with Crippen LogP contribution in [-0.2, 0) is 6.54 Å². The molecule has 1 aromatic carbocycles. The first-order chi connectivity index (χ1) is 15.4. The number of amidine groups is 1. The van der Waals surface area contributed by atoms with Crippen LogP contribution in [0, 0.1) is 19.8 Å². The van der Waals surface area contributed by atoms with E-state index in [2.05, 4.69) is 44.2 Å². The molecule has 4 N–H and O–H groups in total. The van der Waals surface area contributed by atoms with E-state index >= 15 is 0 Å². The van der Waals surface area contributed by atoms with E-state index in [4.69, 9.17) is 5.73 Å². The molecule has 1 atom stereocenters. The fourth-order valence-corrected chi connectivity index (χ4v) is 4.31. The summed E-state index contributed by atoms with van der Waals surface area (Å²) in [7, 11) is 0. The number of amides is 2. The molecule has 4 rings (SSSR count). The number of carbonyl (C=O) groups is 1. The zero-order chi connectivity index (χ0) is 22.7. The predicted octanol–water partition coefficient (Wildman–Crippen LogP) is 3.34. The molecule has 0 spiro atoms. The van der Waals surface area contributed by atoms with E-state index in [1.807, 2.05) is 19.1 Å². The third kappa shape index (κ3) is 5.20. The van der Waals surface area contributed by atoms with Gasteiger partial charge in [-0.15, -0.1) is 0 Å². The number of benzene rings is 1. The predicted molar refractivity (Wildman–Crippen MR) is 127 cm³/mol. The van der Waals surface area contributed by atoms with Gasteiger partial charge in [0, 0.05) is 36.2 Å². The quantitative estimate of drug-likeness (QED) is 0.432. The Morgan fingerprint density at radius 3 is 2.94 bits per heavy atom. The van der Waals surface area contributed by atoms with E-state index in [1.54, 1.807) is 12.1 Å². The van der Waals surface area contributed by atoms with Crippen molar-refractivity contribution >= 4 is 28.5 Å². The molecule has 1 unspecified atom stereocenters. The number of fused-ring (bicyclic) bond motifs is 1. The lowest BCUT2D eigenvalue weighted by molar-refractivity contribution is 0.194. The molecule has 0 radical (unpaired) electrons. The highest BCUT2D eigenvalue weighted by molar-refractivity contribution is 6.04. The Morgan fingerprint density at radius 1 is 1.28 bits per heavy atom. The van der Waals surface area contributed by atoms with Crippen LogP contribution >= 0.6 is 0 Å². The average Bonchev–Trinajstić information content (AvgIpc) is 2.73. The van der Waals surface area contributed by atoms with Crippen molar-refractivity contribution in [3.63, 3.8) is 0 Å². The highest BCUT2D eigenvalue weighted by Crippen LogP contribution is 2.21. The number of aromatic nitrogens is 2. The number of nitrogens with one attached hydrogen (secondary N) is 2. The Morgan fingerprint density at radius 2 is 2.12 bits per heavy atom. The number of hydrogen-bond acceptors (Lipinski definition) is 4. The van der Waals surface area contributed by atoms with Crippen LogP contribution in [0.25, 0.3) is 10.9 Å². The number of anilines is 1. The minimum atomic E-state index is -0.548. The van der Waals surface area contributed by atoms with Crippen LogP contribution in [0.5, 0.6) is 0 Å². The summed E-state index contributed by atoms with van der Waals surface area (Å²) in [6.07, 6.45) is 1.87. The molecule has 1 aliphatic rings. The highest BCUT2D eigenvalue weighted by Gasteiger charge is 2.24. The SMILES string of the molecule is Cc1cc(C)nc(CN2CCCC(/C(N)=N/C(=O)Nc3cccc4ccc(=O)[nH]c34)C2)c1. The van der Waals surface area contributed by atoms with Gasteiger partial charge in [-0.25, -0.2) is 4.79 Å². The minimum absolute atomic E-state index is 0.00716. The Kier molecular flexibility index (Phi) is 6.32. The summed E-state index contributed by atoms with van der Waals surface area (Å²) in [5, 5.41) is 3.57. The van der Waals surface area contributed by atoms with Gasteiger partial charge in [0.15, 0.2) is 0 Å². The van der Waals surface area contributed by atoms with Gasteiger partial charge in [0.2, 0.25) is 5.56 Å². The molecular formula is C24H28N6O2. The molecule has 1 fully saturated rings. The summed E-state index contributed by atoms with van der Waals surface area (Å²) in [5.41, 5.74) is 10.3. The van der Waals surface area contributed by atoms with Gasteiger partial charge in [0.05, 0.1) is 16.9 Å². The largest absolute Gasteiger partial charge is 0.387 e. The number of nitrogens with zero attached hydrogens (tertiary/aromatic N) is 3. The molecule has 8 nitrogen and oxygen atoms in total. The third-order valence-corrected chi connectivity index (χ3v) is 5.69. The van der Waals surface area contributed by atoms with Crippen molar-refractivity contribution in [2.24, 2.45) is 16.6 Å². The Balaban J connectivity index is 1.43. The number of aromatic amines is 1. The fourth-order valence-electron chi connectivity index (χ4n) is 4.31. The number of likely N-dealkylation sites (tertiary alicyclic amines) is 1. The van der Waals surface area contributed by atoms with Gasteiger partial charge in [0.25, 0.3) is 0 Å². The molecule has 2 amide bonds. The van der Waals surface area contributed by atoms with Crippen molar-refractivity contribution in [1.82, 2.24) is 14.9 Å². The maximum atomic E-state index is 12.5. The first-order valence-corrected chi connectivity index (χ1v) is 10.8. The summed E-state index contributed by atoms with van der Waals surface area (Å²) in [4.78, 5) is 38.0. The molecular weight excluding hydrogens is 404 g/mol. The highest BCUT2D eigenvalue weighted by atomic mass is 16.2. The molecule has 3 heterocycles. The minimum Gasteiger partial charge on any atom is -0.387 e. The Labute approximate surface area is 186 Å². The lowest BCUT2D eigenvalue weighted by atomic mass is 9.96. The smallest absolute Gasteiger partial charge is 0.347 e. The van der Waals surface area contributed by atoms with E-state index in [9.17, 15) is 9.59 Å². The van der Waals surface area contributed by atoms with Gasteiger partial charge in [-0.2, -0.15) is 4.99 Å². The molecule has 166 valence electrons. The van der Waals surface area contributed by atoms with Gasteiger partial charge < -0.3 is 16.0 Å². The summed E-state index contributed by atoms with van der Waals surface area (Å²) in [5.74, 6) is 0.335. The Hall–Kier alpha value is -3.52. The number of nitrogens with two attached hydrogens (primary N) is 1. The van der Waals surface area contributed by atoms with Crippen LogP contribution in [0.2, 0.25) is 0 Å². The van der Waals surface area contributed by atoms with E-state index in [-0.39, 0.29) is 11.5 Å². The molecule has 2 aromatic heterocycles. The number of carbonyl (C=O) groups excluding carboxylic acids is 1. The van der Waals surface area contributed by atoms with Crippen molar-refractivity contribution in [3.8, 4) is 0 Å². The van der Waals surface area contributed by atoms with E-state index in [1.165, 1.54) is 11.6 Å². The number of hydrogen-bond donors (Lipinski definition) is 3. The normalized spacial score (nSPS) is 17.4. The lowest BCUT2D eigenvalue weighted by Gasteiger charge is -2.32. The van der Waals surface area contributed by atoms with Crippen LogP contribution in [0.4, 0.5) is 10.5 Å². The molecule has 1 saturated heterocycles. The van der Waals surface area contributed by atoms with Gasteiger partial charge in [-0.1, -0.05) is 12.1 Å². The Bertz CT molecular complexity index is 1210. The third-order valence-electron chi connectivity index (χ3n) is 5.69. The summed E-state index contributed by atoms with van der Waals surface area (Å²) < 4.78 is 0. The second-order valence-corrected chi connectivity index (χ2v) is 8.41. The van der Waals surface area contributed by atoms with E-state index in [0.29, 0.717) is 17.0 Å². The van der Waals surface area contributed by atoms with Crippen molar-refractivity contribution in [2.45, 2.75) is 33.2 Å². The number of piperidine rings is 1. The van der Waals surface area contributed by atoms with Crippen molar-refractivity contribution in [3.05, 3.63) is 69.8 Å². The fraction of sp³-hybridized carbons (Fsp3) is 0.333. The number of pyridine rings is 2. The number of urea groups is 1. The number of aryl methyl sites for hydroxylation is 2. The number of rotatable bonds is 4. The average molecular weight is 433 g/mol. The molecule has 0 aliphatic carbocycles. The van der Waals surface area contributed by atoms with Crippen molar-refractivity contribution < 1.29 is 4.79 Å². The van der Waals surface area contributed by atoms with Gasteiger partial charge >= 0.3 is 6.03 Å². The molecule has 8 heteroatoms. The maximum Gasteiger partial charge on any atom is 0.347 e. The van der Waals surface area contributed by atoms with E-state index in [0.717, 1.165) is 49.2 Å². The van der Waals surface area contributed by atoms with Crippen LogP contribution in [0.3, 0.4) is 0 Å². The van der Waals surface area contributed by atoms with Crippen LogP contribution < -0.4 is 16.6 Å². The molecule has 1 aliphatic heterocycles. The van der Waals surface area contributed by atoms with E-state index < -0.39 is 6.03 Å². The number of H-pyrrole nitrogens is 1. The number of para-hydroxylation sites is 1. The molecule has 3 aromatic rings. The number of aliphatic imine (C=N–C) groups is 1. The van der Waals surface area contributed by atoms with Crippen LogP contribution in [0.15, 0.2) is 52.3 Å². The lowest BCUT2D eigenvalue weighted by Crippen LogP contribution is -2.41. The summed E-state index contributed by atoms with van der Waals surface area (Å²) in [6.45, 7) is 6.53. The first kappa shape index (κ1) is 21.7. The molecule has 0 saturated carbocycles. The van der Waals surface area contributed by atoms with Crippen molar-refractivity contribution in [2.75, 3.05) is 18.4 Å². The summed E-state index contributed by atoms with van der Waals surface area (Å²) >= 11 is 0. The van der Waals surface area contributed by atoms with Crippen LogP contribution in [0.1, 0.15) is 29.8 Å². The monoisotopic (exact) mass is 432 g/mol. The maximum absolute atomic E-state index is 12.5. The zero-order valence-electron chi connectivity index (χ0n) is 18.4. The standard InChI is InChI=1S/C24H28N6O2/c1-15-11-16(2)26-19(12-15)14-30-10-4-6-18(13-30)23(25)29-24(32)27-20-7-3-5-17-8-9-21(31)28-22(17)20/h3,5,7-9,11-12,18H,4,6,10,13-14H2,1-2H3,(H,28,31)(H3,25,27,29,32). The molecule has 32 heavy (non-hydrogen) atoms. The topological polar surface area (TPSA) is 116 Å². The second-order valence-electron chi connectivity index (χ2n) is 8.41. The first-order valence-electron chi connectivity index (χ1n) is 10.8. The molecule has 0 bridgehead atoms. The van der Waals surface area contributed by atoms with Gasteiger partial charge in [0.1, 0.15) is 5.84 Å². The summed E-state index contributed by atoms with van der Waals surface area (Å²) in [6, 6.07) is 12.2.